The summed E-state index contributed by atoms with van der Waals surface area (Å²) in [7, 11) is 0. The van der Waals surface area contributed by atoms with Crippen LogP contribution >= 0.6 is 11.3 Å². The van der Waals surface area contributed by atoms with Crippen LogP contribution in [0.15, 0.2) is 40.6 Å². The summed E-state index contributed by atoms with van der Waals surface area (Å²) >= 11 is 1.62. The molecular formula is C12H10N4O2S. The van der Waals surface area contributed by atoms with Crippen molar-refractivity contribution < 1.29 is 5.21 Å². The molecule has 0 radical (unpaired) electrons. The maximum Gasteiger partial charge on any atom is 0.384 e. The molecule has 3 rings (SSSR count). The molecule has 0 bridgehead atoms. The second kappa shape index (κ2) is 4.69. The molecule has 96 valence electrons. The molecule has 0 atom stereocenters. The van der Waals surface area contributed by atoms with Crippen molar-refractivity contribution in [2.45, 2.75) is 6.54 Å². The average Bonchev–Trinajstić information content (AvgIpc) is 2.95. The minimum Gasteiger partial charge on any atom is -0.422 e. The fourth-order valence-electron chi connectivity index (χ4n) is 1.76. The van der Waals surface area contributed by atoms with Gasteiger partial charge in [-0.25, -0.2) is 9.78 Å². The maximum atomic E-state index is 11.5. The SMILES string of the molecule is O=c1nc(NCc2cccs2)c2cccnc2n1O. The van der Waals surface area contributed by atoms with Crippen LogP contribution in [-0.2, 0) is 6.54 Å². The maximum absolute atomic E-state index is 11.5. The number of nitrogens with one attached hydrogen (secondary N) is 1. The molecule has 0 saturated carbocycles. The average molecular weight is 274 g/mol. The Bertz CT molecular complexity index is 767. The Kier molecular flexibility index (Phi) is 2.88. The highest BCUT2D eigenvalue weighted by Crippen LogP contribution is 2.18. The minimum absolute atomic E-state index is 0.191. The van der Waals surface area contributed by atoms with Gasteiger partial charge < -0.3 is 10.5 Å². The third-order valence-corrected chi connectivity index (χ3v) is 3.52. The van der Waals surface area contributed by atoms with Crippen LogP contribution < -0.4 is 11.0 Å². The van der Waals surface area contributed by atoms with Crippen molar-refractivity contribution >= 4 is 28.2 Å². The van der Waals surface area contributed by atoms with E-state index in [1.54, 1.807) is 23.5 Å². The van der Waals surface area contributed by atoms with Crippen LogP contribution in [0, 0.1) is 0 Å². The van der Waals surface area contributed by atoms with Gasteiger partial charge in [0.25, 0.3) is 0 Å². The predicted molar refractivity (Wildman–Crippen MR) is 72.6 cm³/mol. The first-order chi connectivity index (χ1) is 9.25. The lowest BCUT2D eigenvalue weighted by molar-refractivity contribution is 0.182. The van der Waals surface area contributed by atoms with E-state index in [1.807, 2.05) is 17.5 Å². The van der Waals surface area contributed by atoms with Gasteiger partial charge in [-0.1, -0.05) is 6.07 Å². The summed E-state index contributed by atoms with van der Waals surface area (Å²) in [6, 6.07) is 7.43. The zero-order valence-electron chi connectivity index (χ0n) is 9.78. The fourth-order valence-corrected chi connectivity index (χ4v) is 2.41. The van der Waals surface area contributed by atoms with Crippen LogP contribution in [0.3, 0.4) is 0 Å². The Hall–Kier alpha value is -2.41. The van der Waals surface area contributed by atoms with Crippen LogP contribution in [-0.4, -0.2) is 19.9 Å². The van der Waals surface area contributed by atoms with Crippen molar-refractivity contribution in [3.63, 3.8) is 0 Å². The molecule has 3 heterocycles. The topological polar surface area (TPSA) is 80.0 Å². The summed E-state index contributed by atoms with van der Waals surface area (Å²) in [5, 5.41) is 15.3. The van der Waals surface area contributed by atoms with E-state index in [2.05, 4.69) is 15.3 Å². The van der Waals surface area contributed by atoms with E-state index in [0.717, 1.165) is 4.88 Å². The number of rotatable bonds is 3. The second-order valence-electron chi connectivity index (χ2n) is 3.86. The van der Waals surface area contributed by atoms with Crippen LogP contribution in [0.2, 0.25) is 0 Å². The zero-order valence-corrected chi connectivity index (χ0v) is 10.6. The highest BCUT2D eigenvalue weighted by Gasteiger charge is 2.10. The lowest BCUT2D eigenvalue weighted by Gasteiger charge is -2.08. The Morgan fingerprint density at radius 3 is 3.05 bits per heavy atom. The molecule has 0 aliphatic carbocycles. The van der Waals surface area contributed by atoms with E-state index in [1.165, 1.54) is 6.20 Å². The van der Waals surface area contributed by atoms with Crippen LogP contribution in [0.5, 0.6) is 0 Å². The molecule has 0 aromatic carbocycles. The molecule has 0 unspecified atom stereocenters. The van der Waals surface area contributed by atoms with E-state index in [4.69, 9.17) is 0 Å². The van der Waals surface area contributed by atoms with Gasteiger partial charge in [0, 0.05) is 11.1 Å². The van der Waals surface area contributed by atoms with E-state index in [9.17, 15) is 10.0 Å². The number of hydrogen-bond acceptors (Lipinski definition) is 6. The van der Waals surface area contributed by atoms with Crippen molar-refractivity contribution in [1.82, 2.24) is 14.7 Å². The van der Waals surface area contributed by atoms with Gasteiger partial charge in [0.05, 0.1) is 11.9 Å². The summed E-state index contributed by atoms with van der Waals surface area (Å²) in [6.45, 7) is 0.573. The van der Waals surface area contributed by atoms with Gasteiger partial charge >= 0.3 is 5.69 Å². The molecule has 0 aliphatic heterocycles. The lowest BCUT2D eigenvalue weighted by Crippen LogP contribution is -2.23. The van der Waals surface area contributed by atoms with Gasteiger partial charge in [-0.3, -0.25) is 0 Å². The number of anilines is 1. The molecule has 0 fully saturated rings. The first-order valence-electron chi connectivity index (χ1n) is 5.59. The van der Waals surface area contributed by atoms with E-state index < -0.39 is 5.69 Å². The normalized spacial score (nSPS) is 10.7. The zero-order chi connectivity index (χ0) is 13.2. The molecular weight excluding hydrogens is 264 g/mol. The van der Waals surface area contributed by atoms with Crippen molar-refractivity contribution in [3.05, 3.63) is 51.2 Å². The van der Waals surface area contributed by atoms with Gasteiger partial charge in [0.2, 0.25) is 0 Å². The molecule has 3 aromatic rings. The number of fused-ring (bicyclic) bond motifs is 1. The van der Waals surface area contributed by atoms with Crippen LogP contribution in [0.4, 0.5) is 5.82 Å². The third-order valence-electron chi connectivity index (χ3n) is 2.64. The van der Waals surface area contributed by atoms with Crippen molar-refractivity contribution in [2.24, 2.45) is 0 Å². The summed E-state index contributed by atoms with van der Waals surface area (Å²) < 4.78 is 0.450. The predicted octanol–water partition coefficient (Wildman–Crippen LogP) is 1.70. The number of thiophene rings is 1. The quantitative estimate of drug-likeness (QED) is 0.711. The molecule has 6 nitrogen and oxygen atoms in total. The summed E-state index contributed by atoms with van der Waals surface area (Å²) in [6.07, 6.45) is 1.51. The molecule has 0 spiro atoms. The van der Waals surface area contributed by atoms with Gasteiger partial charge in [0.15, 0.2) is 5.65 Å². The lowest BCUT2D eigenvalue weighted by atomic mass is 10.3. The van der Waals surface area contributed by atoms with Crippen molar-refractivity contribution in [1.29, 1.82) is 0 Å². The van der Waals surface area contributed by atoms with Gasteiger partial charge in [0.1, 0.15) is 5.82 Å². The minimum atomic E-state index is -0.750. The number of pyridine rings is 1. The van der Waals surface area contributed by atoms with Crippen LogP contribution in [0.1, 0.15) is 4.88 Å². The highest BCUT2D eigenvalue weighted by molar-refractivity contribution is 7.09. The Morgan fingerprint density at radius 2 is 2.26 bits per heavy atom. The summed E-state index contributed by atoms with van der Waals surface area (Å²) in [5.41, 5.74) is -0.559. The molecule has 3 aromatic heterocycles. The van der Waals surface area contributed by atoms with Gasteiger partial charge in [-0.2, -0.15) is 4.98 Å². The Balaban J connectivity index is 2.03. The Labute approximate surface area is 112 Å². The van der Waals surface area contributed by atoms with Gasteiger partial charge in [-0.05, 0) is 23.6 Å². The molecule has 0 amide bonds. The first-order valence-corrected chi connectivity index (χ1v) is 6.47. The molecule has 2 N–H and O–H groups in total. The van der Waals surface area contributed by atoms with Crippen molar-refractivity contribution in [2.75, 3.05) is 5.32 Å². The number of nitrogens with zero attached hydrogens (tertiary/aromatic N) is 3. The molecule has 0 aliphatic rings. The molecule has 19 heavy (non-hydrogen) atoms. The highest BCUT2D eigenvalue weighted by atomic mass is 32.1. The number of aromatic nitrogens is 3. The standard InChI is InChI=1S/C12H10N4O2S/c17-12-15-10(14-7-8-3-2-6-19-8)9-4-1-5-13-11(9)16(12)18/h1-6,18H,7H2,(H,14,15,17). The second-order valence-corrected chi connectivity index (χ2v) is 4.89. The smallest absolute Gasteiger partial charge is 0.384 e. The van der Waals surface area contributed by atoms with E-state index in [0.29, 0.717) is 22.5 Å². The molecule has 7 heteroatoms. The number of hydrogen-bond donors (Lipinski definition) is 2. The summed E-state index contributed by atoms with van der Waals surface area (Å²) in [4.78, 5) is 20.5. The monoisotopic (exact) mass is 274 g/mol. The van der Waals surface area contributed by atoms with Gasteiger partial charge in [-0.15, -0.1) is 16.1 Å². The first kappa shape index (κ1) is 11.7. The largest absolute Gasteiger partial charge is 0.422 e. The third kappa shape index (κ3) is 2.15. The fraction of sp³-hybridized carbons (Fsp3) is 0.0833. The van der Waals surface area contributed by atoms with E-state index in [-0.39, 0.29) is 5.65 Å². The summed E-state index contributed by atoms with van der Waals surface area (Å²) in [5.74, 6) is 0.423. The Morgan fingerprint density at radius 1 is 1.37 bits per heavy atom. The van der Waals surface area contributed by atoms with E-state index >= 15 is 0 Å². The molecule has 0 saturated heterocycles. The van der Waals surface area contributed by atoms with Crippen molar-refractivity contribution in [3.8, 4) is 0 Å². The van der Waals surface area contributed by atoms with Crippen LogP contribution in [0.25, 0.3) is 11.0 Å².